The molecule has 4 fully saturated rings. The van der Waals surface area contributed by atoms with Gasteiger partial charge in [0.2, 0.25) is 0 Å². The second kappa shape index (κ2) is 3.94. The Kier molecular flexibility index (Phi) is 2.56. The van der Waals surface area contributed by atoms with Crippen molar-refractivity contribution in [3.63, 3.8) is 0 Å². The number of likely N-dealkylation sites (N-methyl/N-ethyl adjacent to an activating group) is 1. The van der Waals surface area contributed by atoms with Crippen molar-refractivity contribution in [3.05, 3.63) is 0 Å². The number of fused-ring (bicyclic) bond motifs is 4. The summed E-state index contributed by atoms with van der Waals surface area (Å²) < 4.78 is 6.53. The van der Waals surface area contributed by atoms with E-state index in [1.165, 1.54) is 45.1 Å². The Morgan fingerprint density at radius 2 is 1.89 bits per heavy atom. The van der Waals surface area contributed by atoms with Gasteiger partial charge in [0.15, 0.2) is 0 Å². The molecule has 102 valence electrons. The normalized spacial score (nSPS) is 53.0. The highest BCUT2D eigenvalue weighted by molar-refractivity contribution is 5.08. The smallest absolute Gasteiger partial charge is 0.0856 e. The van der Waals surface area contributed by atoms with Crippen molar-refractivity contribution in [2.45, 2.75) is 62.3 Å². The second-order valence-electron chi connectivity index (χ2n) is 7.19. The highest BCUT2D eigenvalue weighted by Crippen LogP contribution is 2.50. The van der Waals surface area contributed by atoms with Crippen LogP contribution in [-0.4, -0.2) is 60.8 Å². The van der Waals surface area contributed by atoms with Crippen LogP contribution in [0.1, 0.15) is 38.5 Å². The van der Waals surface area contributed by atoms with Crippen LogP contribution in [0.3, 0.4) is 0 Å². The van der Waals surface area contributed by atoms with Crippen LogP contribution < -0.4 is 0 Å². The highest BCUT2D eigenvalue weighted by Gasteiger charge is 2.55. The van der Waals surface area contributed by atoms with Crippen molar-refractivity contribution >= 4 is 0 Å². The first-order valence-corrected chi connectivity index (χ1v) is 7.76. The van der Waals surface area contributed by atoms with Gasteiger partial charge in [0, 0.05) is 31.1 Å². The molecule has 4 aliphatic heterocycles. The molecule has 5 atom stereocenters. The van der Waals surface area contributed by atoms with Gasteiger partial charge >= 0.3 is 0 Å². The van der Waals surface area contributed by atoms with E-state index in [1.807, 2.05) is 0 Å². The summed E-state index contributed by atoms with van der Waals surface area (Å²) in [4.78, 5) is 5.19. The number of ether oxygens (including phenoxy) is 1. The molecule has 0 radical (unpaired) electrons. The maximum Gasteiger partial charge on any atom is 0.0856 e. The molecule has 4 aliphatic rings. The van der Waals surface area contributed by atoms with Crippen LogP contribution in [0.15, 0.2) is 0 Å². The van der Waals surface area contributed by atoms with Crippen LogP contribution in [-0.2, 0) is 4.74 Å². The molecule has 18 heavy (non-hydrogen) atoms. The third-order valence-electron chi connectivity index (χ3n) is 6.19. The quantitative estimate of drug-likeness (QED) is 0.705. The van der Waals surface area contributed by atoms with Crippen molar-refractivity contribution in [3.8, 4) is 0 Å². The minimum atomic E-state index is 0.200. The number of hydrogen-bond acceptors (Lipinski definition) is 3. The second-order valence-corrected chi connectivity index (χ2v) is 7.19. The van der Waals surface area contributed by atoms with Crippen molar-refractivity contribution in [1.29, 1.82) is 0 Å². The van der Waals surface area contributed by atoms with Crippen LogP contribution in [0.25, 0.3) is 0 Å². The van der Waals surface area contributed by atoms with E-state index in [9.17, 15) is 0 Å². The van der Waals surface area contributed by atoms with Gasteiger partial charge < -0.3 is 14.5 Å². The zero-order valence-corrected chi connectivity index (χ0v) is 11.8. The Bertz CT molecular complexity index is 347. The molecule has 0 aromatic heterocycles. The lowest BCUT2D eigenvalue weighted by molar-refractivity contribution is -0.153. The third-order valence-corrected chi connectivity index (χ3v) is 6.19. The Morgan fingerprint density at radius 3 is 2.78 bits per heavy atom. The van der Waals surface area contributed by atoms with Crippen LogP contribution in [0.5, 0.6) is 0 Å². The highest BCUT2D eigenvalue weighted by atomic mass is 16.5. The molecule has 4 bridgehead atoms. The van der Waals surface area contributed by atoms with Crippen molar-refractivity contribution in [2.24, 2.45) is 5.92 Å². The molecule has 0 saturated carbocycles. The van der Waals surface area contributed by atoms with Crippen molar-refractivity contribution < 1.29 is 4.74 Å². The molecule has 5 unspecified atom stereocenters. The Balaban J connectivity index is 1.62. The fraction of sp³-hybridized carbons (Fsp3) is 1.00. The van der Waals surface area contributed by atoms with Crippen LogP contribution in [0, 0.1) is 5.92 Å². The van der Waals surface area contributed by atoms with Gasteiger partial charge in [-0.25, -0.2) is 0 Å². The SMILES string of the molecule is CN1CC2CCC(C3CCC4CCC3N4C)(C1)O2. The first kappa shape index (κ1) is 11.7. The molecule has 0 amide bonds. The number of morpholine rings is 1. The van der Waals surface area contributed by atoms with Gasteiger partial charge in [0.1, 0.15) is 0 Å². The van der Waals surface area contributed by atoms with E-state index in [0.29, 0.717) is 6.10 Å². The van der Waals surface area contributed by atoms with Gasteiger partial charge in [-0.3, -0.25) is 0 Å². The molecule has 0 N–H and O–H groups in total. The Morgan fingerprint density at radius 1 is 1.06 bits per heavy atom. The van der Waals surface area contributed by atoms with Crippen molar-refractivity contribution in [2.75, 3.05) is 27.2 Å². The average Bonchev–Trinajstić information content (AvgIpc) is 2.74. The summed E-state index contributed by atoms with van der Waals surface area (Å²) >= 11 is 0. The molecule has 3 heteroatoms. The molecular formula is C15H26N2O. The lowest BCUT2D eigenvalue weighted by Crippen LogP contribution is -2.59. The average molecular weight is 250 g/mol. The zero-order valence-electron chi connectivity index (χ0n) is 11.8. The molecule has 0 aromatic carbocycles. The van der Waals surface area contributed by atoms with Gasteiger partial charge in [-0.1, -0.05) is 0 Å². The van der Waals surface area contributed by atoms with Crippen molar-refractivity contribution in [1.82, 2.24) is 9.80 Å². The molecule has 3 nitrogen and oxygen atoms in total. The van der Waals surface area contributed by atoms with Crippen LogP contribution in [0.4, 0.5) is 0 Å². The molecule has 0 aliphatic carbocycles. The number of nitrogens with zero attached hydrogens (tertiary/aromatic N) is 2. The molecule has 0 spiro atoms. The summed E-state index contributed by atoms with van der Waals surface area (Å²) in [5, 5.41) is 0. The van der Waals surface area contributed by atoms with Gasteiger partial charge in [-0.05, 0) is 52.6 Å². The van der Waals surface area contributed by atoms with E-state index in [4.69, 9.17) is 4.74 Å². The zero-order chi connectivity index (χ0) is 12.3. The summed E-state index contributed by atoms with van der Waals surface area (Å²) in [5.41, 5.74) is 0.200. The van der Waals surface area contributed by atoms with Gasteiger partial charge in [0.25, 0.3) is 0 Å². The van der Waals surface area contributed by atoms with E-state index in [-0.39, 0.29) is 5.60 Å². The predicted molar refractivity (Wildman–Crippen MR) is 71.6 cm³/mol. The van der Waals surface area contributed by atoms with E-state index < -0.39 is 0 Å². The predicted octanol–water partition coefficient (Wildman–Crippen LogP) is 1.72. The lowest BCUT2D eigenvalue weighted by atomic mass is 9.75. The van der Waals surface area contributed by atoms with Gasteiger partial charge in [-0.2, -0.15) is 0 Å². The van der Waals surface area contributed by atoms with E-state index in [0.717, 1.165) is 24.5 Å². The molecule has 0 aromatic rings. The molecular weight excluding hydrogens is 224 g/mol. The Hall–Kier alpha value is -0.120. The number of piperidine rings is 1. The molecule has 4 heterocycles. The third kappa shape index (κ3) is 1.53. The summed E-state index contributed by atoms with van der Waals surface area (Å²) in [6.45, 7) is 2.32. The summed E-state index contributed by atoms with van der Waals surface area (Å²) in [7, 11) is 4.63. The lowest BCUT2D eigenvalue weighted by Gasteiger charge is -2.50. The minimum Gasteiger partial charge on any atom is -0.369 e. The Labute approximate surface area is 110 Å². The summed E-state index contributed by atoms with van der Waals surface area (Å²) in [6.07, 6.45) is 8.76. The standard InChI is InChI=1S/C15H26N2O/c1-16-9-12-7-8-15(10-16,18-12)13-5-3-11-4-6-14(13)17(11)2/h11-14H,3-10H2,1-2H3. The minimum absolute atomic E-state index is 0.200. The topological polar surface area (TPSA) is 15.7 Å². The van der Waals surface area contributed by atoms with E-state index in [2.05, 4.69) is 23.9 Å². The summed E-state index contributed by atoms with van der Waals surface area (Å²) in [6, 6.07) is 1.68. The van der Waals surface area contributed by atoms with Crippen LogP contribution in [0.2, 0.25) is 0 Å². The maximum absolute atomic E-state index is 6.53. The first-order chi connectivity index (χ1) is 8.68. The number of rotatable bonds is 1. The maximum atomic E-state index is 6.53. The number of likely N-dealkylation sites (tertiary alicyclic amines) is 1. The molecule has 4 saturated heterocycles. The first-order valence-electron chi connectivity index (χ1n) is 7.76. The largest absolute Gasteiger partial charge is 0.369 e. The van der Waals surface area contributed by atoms with Gasteiger partial charge in [-0.15, -0.1) is 0 Å². The van der Waals surface area contributed by atoms with E-state index in [1.54, 1.807) is 0 Å². The fourth-order valence-electron chi connectivity index (χ4n) is 5.41. The van der Waals surface area contributed by atoms with E-state index >= 15 is 0 Å². The number of hydrogen-bond donors (Lipinski definition) is 0. The fourth-order valence-corrected chi connectivity index (χ4v) is 5.41. The summed E-state index contributed by atoms with van der Waals surface area (Å²) in [5.74, 6) is 0.786. The van der Waals surface area contributed by atoms with Crippen LogP contribution >= 0.6 is 0 Å². The van der Waals surface area contributed by atoms with Gasteiger partial charge in [0.05, 0.1) is 11.7 Å². The monoisotopic (exact) mass is 250 g/mol. The molecule has 4 rings (SSSR count).